The van der Waals surface area contributed by atoms with Crippen molar-refractivity contribution in [2.24, 2.45) is 0 Å². The molecule has 0 spiro atoms. The standard InChI is InChI=1S/C19H16BF2I3N2O/c1-8-16(24)10(3)26-18(8)15(12-5-6-13(23)14(28)7-12)19-9(2)17(25)11(4)27(19)20(26,21)22/h5-7,28H,1-4H3. The number of aromatic hydroxyl groups is 1. The van der Waals surface area contributed by atoms with E-state index >= 15 is 8.63 Å². The molecule has 2 aliphatic heterocycles. The van der Waals surface area contributed by atoms with Crippen LogP contribution in [0, 0.1) is 21.0 Å². The summed E-state index contributed by atoms with van der Waals surface area (Å²) < 4.78 is 36.5. The van der Waals surface area contributed by atoms with Crippen LogP contribution in [0.25, 0.3) is 5.57 Å². The minimum Gasteiger partial charge on any atom is -0.507 e. The van der Waals surface area contributed by atoms with Crippen LogP contribution >= 0.6 is 67.8 Å². The number of allylic oxidation sites excluding steroid dienone is 2. The molecule has 0 unspecified atom stereocenters. The molecule has 0 saturated carbocycles. The number of phenols is 1. The van der Waals surface area contributed by atoms with Gasteiger partial charge in [-0.25, -0.2) is 0 Å². The number of hydrogen-bond acceptors (Lipinski definition) is 1. The lowest BCUT2D eigenvalue weighted by Gasteiger charge is -2.34. The predicted octanol–water partition coefficient (Wildman–Crippen LogP) is 6.21. The quantitative estimate of drug-likeness (QED) is 0.276. The van der Waals surface area contributed by atoms with E-state index in [9.17, 15) is 5.11 Å². The molecule has 1 aromatic heterocycles. The van der Waals surface area contributed by atoms with Gasteiger partial charge in [-0.15, -0.1) is 0 Å². The smallest absolute Gasteiger partial charge is 0.507 e. The number of nitrogens with zero attached hydrogens (tertiary/aromatic N) is 2. The fourth-order valence-corrected chi connectivity index (χ4v) is 5.59. The average Bonchev–Trinajstić information content (AvgIpc) is 3.00. The molecular weight excluding hydrogens is 702 g/mol. The molecule has 0 amide bonds. The fourth-order valence-electron chi connectivity index (χ4n) is 4.22. The molecule has 1 N–H and O–H groups in total. The van der Waals surface area contributed by atoms with E-state index in [2.05, 4.69) is 67.8 Å². The molecule has 28 heavy (non-hydrogen) atoms. The van der Waals surface area contributed by atoms with Crippen LogP contribution < -0.4 is 0 Å². The number of aromatic nitrogens is 1. The van der Waals surface area contributed by atoms with Gasteiger partial charge in [0.05, 0.1) is 12.7 Å². The highest BCUT2D eigenvalue weighted by Crippen LogP contribution is 2.48. The Bertz CT molecular complexity index is 1180. The van der Waals surface area contributed by atoms with Crippen molar-refractivity contribution < 1.29 is 18.2 Å². The number of benzene rings is 1. The van der Waals surface area contributed by atoms with Crippen molar-refractivity contribution in [1.82, 2.24) is 4.48 Å². The normalized spacial score (nSPS) is 18.2. The van der Waals surface area contributed by atoms with Crippen LogP contribution in [0.4, 0.5) is 8.63 Å². The van der Waals surface area contributed by atoms with Crippen molar-refractivity contribution in [3.05, 3.63) is 62.7 Å². The first-order valence-corrected chi connectivity index (χ1v) is 11.9. The minimum atomic E-state index is -4.02. The van der Waals surface area contributed by atoms with Crippen LogP contribution in [0.3, 0.4) is 0 Å². The molecule has 146 valence electrons. The molecule has 9 heteroatoms. The van der Waals surface area contributed by atoms with Gasteiger partial charge in [0.15, 0.2) is 5.70 Å². The summed E-state index contributed by atoms with van der Waals surface area (Å²) in [6.45, 7) is 3.27. The molecule has 2 aliphatic rings. The molecule has 0 atom stereocenters. The van der Waals surface area contributed by atoms with Crippen molar-refractivity contribution in [3.63, 3.8) is 0 Å². The van der Waals surface area contributed by atoms with Gasteiger partial charge < -0.3 is 22.7 Å². The maximum Gasteiger partial charge on any atom is 0.737 e. The molecule has 2 aromatic rings. The number of fused-ring (bicyclic) bond motifs is 2. The van der Waals surface area contributed by atoms with Gasteiger partial charge in [0.2, 0.25) is 0 Å². The maximum absolute atomic E-state index is 15.8. The maximum atomic E-state index is 15.8. The Labute approximate surface area is 203 Å². The van der Waals surface area contributed by atoms with Gasteiger partial charge in [-0.1, -0.05) is 6.07 Å². The Morgan fingerprint density at radius 1 is 1.07 bits per heavy atom. The molecule has 3 heterocycles. The van der Waals surface area contributed by atoms with Crippen molar-refractivity contribution >= 4 is 86.0 Å². The van der Waals surface area contributed by atoms with E-state index in [1.807, 2.05) is 26.0 Å². The zero-order valence-corrected chi connectivity index (χ0v) is 22.0. The Kier molecular flexibility index (Phi) is 5.05. The lowest BCUT2D eigenvalue weighted by Crippen LogP contribution is -2.51. The van der Waals surface area contributed by atoms with E-state index in [0.717, 1.165) is 33.0 Å². The summed E-state index contributed by atoms with van der Waals surface area (Å²) >= 11 is 6.36. The van der Waals surface area contributed by atoms with Gasteiger partial charge in [-0.3, -0.25) is 0 Å². The van der Waals surface area contributed by atoms with Crippen LogP contribution in [-0.2, 0) is 0 Å². The van der Waals surface area contributed by atoms with E-state index < -0.39 is 6.97 Å². The Balaban J connectivity index is 2.23. The predicted molar refractivity (Wildman–Crippen MR) is 134 cm³/mol. The molecule has 1 aromatic carbocycles. The second kappa shape index (κ2) is 6.79. The summed E-state index contributed by atoms with van der Waals surface area (Å²) in [5.41, 5.74) is 5.37. The third-order valence-corrected chi connectivity index (χ3v) is 9.63. The highest BCUT2D eigenvalue weighted by atomic mass is 127. The molecule has 0 saturated heterocycles. The van der Waals surface area contributed by atoms with Crippen LogP contribution in [0.5, 0.6) is 5.75 Å². The number of rotatable bonds is 1. The first kappa shape index (κ1) is 20.8. The van der Waals surface area contributed by atoms with Crippen molar-refractivity contribution in [2.45, 2.75) is 27.7 Å². The molecular formula is C19H16BF2I3N2O. The van der Waals surface area contributed by atoms with Gasteiger partial charge in [-0.05, 0) is 117 Å². The topological polar surface area (TPSA) is 28.2 Å². The zero-order valence-electron chi connectivity index (χ0n) is 15.5. The SMILES string of the molecule is CC1=C(I)C(C)=[N+]2C1=C(c1ccc(I)c(O)c1)c1c(C)c(I)c(C)n1[B-]2(F)F. The summed E-state index contributed by atoms with van der Waals surface area (Å²) in [7, 11) is 0. The summed E-state index contributed by atoms with van der Waals surface area (Å²) in [6.07, 6.45) is 0. The van der Waals surface area contributed by atoms with E-state index in [1.54, 1.807) is 19.9 Å². The average molecular weight is 718 g/mol. The zero-order chi connectivity index (χ0) is 20.7. The Hall–Kier alpha value is -0.435. The van der Waals surface area contributed by atoms with Gasteiger partial charge in [0.25, 0.3) is 0 Å². The van der Waals surface area contributed by atoms with E-state index in [4.69, 9.17) is 0 Å². The second-order valence-corrected chi connectivity index (χ2v) is 10.4. The summed E-state index contributed by atoms with van der Waals surface area (Å²) in [4.78, 5) is 0. The Morgan fingerprint density at radius 2 is 1.71 bits per heavy atom. The van der Waals surface area contributed by atoms with Crippen molar-refractivity contribution in [2.75, 3.05) is 0 Å². The first-order valence-electron chi connectivity index (χ1n) is 8.63. The van der Waals surface area contributed by atoms with Gasteiger partial charge >= 0.3 is 6.97 Å². The largest absolute Gasteiger partial charge is 0.737 e. The molecule has 0 aliphatic carbocycles. The van der Waals surface area contributed by atoms with Crippen LogP contribution in [0.2, 0.25) is 0 Å². The minimum absolute atomic E-state index is 0.151. The van der Waals surface area contributed by atoms with E-state index in [1.165, 1.54) is 8.96 Å². The second-order valence-electron chi connectivity index (χ2n) is 7.12. The van der Waals surface area contributed by atoms with Crippen LogP contribution in [0.15, 0.2) is 33.0 Å². The van der Waals surface area contributed by atoms with Gasteiger partial charge in [0, 0.05) is 21.8 Å². The van der Waals surface area contributed by atoms with Crippen molar-refractivity contribution in [3.8, 4) is 5.75 Å². The summed E-state index contributed by atoms with van der Waals surface area (Å²) in [5, 5.41) is 10.3. The number of phenolic OH excluding ortho intramolecular Hbond substituents is 1. The number of hydrogen-bond donors (Lipinski definition) is 1. The lowest BCUT2D eigenvalue weighted by atomic mass is 9.84. The number of halogens is 5. The molecule has 3 nitrogen and oxygen atoms in total. The molecule has 0 fully saturated rings. The van der Waals surface area contributed by atoms with E-state index in [0.29, 0.717) is 22.8 Å². The third-order valence-electron chi connectivity index (χ3n) is 5.54. The highest BCUT2D eigenvalue weighted by molar-refractivity contribution is 14.1. The summed E-state index contributed by atoms with van der Waals surface area (Å²) in [6, 6.07) is 5.38. The Morgan fingerprint density at radius 3 is 2.32 bits per heavy atom. The van der Waals surface area contributed by atoms with Crippen LogP contribution in [0.1, 0.15) is 36.4 Å². The fraction of sp³-hybridized carbons (Fsp3) is 0.211. The van der Waals surface area contributed by atoms with Gasteiger partial charge in [0.1, 0.15) is 11.5 Å². The first-order chi connectivity index (χ1) is 13.0. The highest BCUT2D eigenvalue weighted by Gasteiger charge is 2.56. The van der Waals surface area contributed by atoms with E-state index in [-0.39, 0.29) is 5.75 Å². The monoisotopic (exact) mass is 718 g/mol. The molecule has 4 rings (SSSR count). The molecule has 0 bridgehead atoms. The lowest BCUT2D eigenvalue weighted by molar-refractivity contribution is -0.363. The molecule has 0 radical (unpaired) electrons. The van der Waals surface area contributed by atoms with Crippen molar-refractivity contribution in [1.29, 1.82) is 0 Å². The van der Waals surface area contributed by atoms with Crippen LogP contribution in [-0.4, -0.2) is 26.8 Å². The third kappa shape index (κ3) is 2.63. The van der Waals surface area contributed by atoms with Gasteiger partial charge in [-0.2, -0.15) is 0 Å². The summed E-state index contributed by atoms with van der Waals surface area (Å²) in [5.74, 6) is 0.151.